The summed E-state index contributed by atoms with van der Waals surface area (Å²) in [4.78, 5) is 14.0. The summed E-state index contributed by atoms with van der Waals surface area (Å²) in [5, 5.41) is 0. The summed E-state index contributed by atoms with van der Waals surface area (Å²) in [5.74, 6) is 0.157. The molecule has 0 aromatic heterocycles. The van der Waals surface area contributed by atoms with Gasteiger partial charge in [-0.3, -0.25) is 4.79 Å². The van der Waals surface area contributed by atoms with Gasteiger partial charge in [-0.15, -0.1) is 0 Å². The van der Waals surface area contributed by atoms with Crippen LogP contribution in [0.25, 0.3) is 0 Å². The fraction of sp³-hybridized carbons (Fsp3) is 0.917. The number of hydrogen-bond acceptors (Lipinski definition) is 2. The van der Waals surface area contributed by atoms with Crippen LogP contribution >= 0.6 is 0 Å². The molecule has 2 aliphatic rings. The highest BCUT2D eigenvalue weighted by molar-refractivity contribution is 5.83. The van der Waals surface area contributed by atoms with Crippen molar-refractivity contribution in [3.63, 3.8) is 0 Å². The van der Waals surface area contributed by atoms with E-state index in [-0.39, 0.29) is 22.8 Å². The van der Waals surface area contributed by atoms with E-state index in [1.165, 1.54) is 0 Å². The lowest BCUT2D eigenvalue weighted by Crippen LogP contribution is -2.50. The molecule has 1 unspecified atom stereocenters. The molecule has 86 valence electrons. The first-order valence-electron chi connectivity index (χ1n) is 5.86. The third-order valence-corrected chi connectivity index (χ3v) is 4.77. The largest absolute Gasteiger partial charge is 0.337 e. The average Bonchev–Trinajstić information content (AvgIpc) is 2.50. The van der Waals surface area contributed by atoms with Crippen LogP contribution in [0, 0.1) is 10.8 Å². The molecule has 1 saturated heterocycles. The fourth-order valence-electron chi connectivity index (χ4n) is 3.13. The Morgan fingerprint density at radius 1 is 1.27 bits per heavy atom. The number of amides is 1. The number of carbonyl (C=O) groups excluding carboxylic acids is 1. The van der Waals surface area contributed by atoms with Gasteiger partial charge in [0.25, 0.3) is 0 Å². The molecule has 1 saturated carbocycles. The lowest BCUT2D eigenvalue weighted by atomic mass is 10.0. The molecular weight excluding hydrogens is 188 g/mol. The van der Waals surface area contributed by atoms with Crippen LogP contribution in [0.4, 0.5) is 0 Å². The van der Waals surface area contributed by atoms with Gasteiger partial charge < -0.3 is 10.6 Å². The summed E-state index contributed by atoms with van der Waals surface area (Å²) in [5.41, 5.74) is 6.29. The molecule has 1 amide bonds. The second kappa shape index (κ2) is 2.97. The van der Waals surface area contributed by atoms with Crippen LogP contribution in [0.2, 0.25) is 0 Å². The van der Waals surface area contributed by atoms with E-state index in [0.29, 0.717) is 6.04 Å². The third-order valence-electron chi connectivity index (χ3n) is 4.77. The quantitative estimate of drug-likeness (QED) is 0.710. The lowest BCUT2D eigenvalue weighted by Gasteiger charge is -2.32. The number of rotatable bonds is 1. The summed E-state index contributed by atoms with van der Waals surface area (Å²) in [7, 11) is 0. The van der Waals surface area contributed by atoms with E-state index < -0.39 is 0 Å². The van der Waals surface area contributed by atoms with E-state index in [1.807, 2.05) is 4.90 Å². The van der Waals surface area contributed by atoms with Gasteiger partial charge in [-0.1, -0.05) is 27.7 Å². The van der Waals surface area contributed by atoms with E-state index in [1.54, 1.807) is 0 Å². The molecule has 1 aliphatic carbocycles. The summed E-state index contributed by atoms with van der Waals surface area (Å²) in [6, 6.07) is 0.120. The lowest BCUT2D eigenvalue weighted by molar-refractivity contribution is -0.136. The van der Waals surface area contributed by atoms with E-state index >= 15 is 0 Å². The van der Waals surface area contributed by atoms with Crippen molar-refractivity contribution in [2.24, 2.45) is 16.6 Å². The number of carbonyl (C=O) groups is 1. The van der Waals surface area contributed by atoms with Gasteiger partial charge >= 0.3 is 0 Å². The van der Waals surface area contributed by atoms with Crippen LogP contribution in [-0.4, -0.2) is 29.4 Å². The number of nitrogens with zero attached hydrogens (tertiary/aromatic N) is 1. The Morgan fingerprint density at radius 2 is 1.80 bits per heavy atom. The van der Waals surface area contributed by atoms with Crippen LogP contribution in [0.15, 0.2) is 0 Å². The van der Waals surface area contributed by atoms with E-state index in [4.69, 9.17) is 5.73 Å². The van der Waals surface area contributed by atoms with E-state index in [2.05, 4.69) is 27.7 Å². The minimum atomic E-state index is -0.258. The Morgan fingerprint density at radius 3 is 2.27 bits per heavy atom. The molecular formula is C12H22N2O. The summed E-state index contributed by atoms with van der Waals surface area (Å²) < 4.78 is 0. The molecule has 3 heteroatoms. The second-order valence-corrected chi connectivity index (χ2v) is 6.13. The topological polar surface area (TPSA) is 46.3 Å². The predicted octanol–water partition coefficient (Wildman–Crippen LogP) is 1.37. The Kier molecular flexibility index (Phi) is 2.16. The first-order valence-corrected chi connectivity index (χ1v) is 5.86. The van der Waals surface area contributed by atoms with E-state index in [0.717, 1.165) is 19.4 Å². The van der Waals surface area contributed by atoms with Crippen LogP contribution in [-0.2, 0) is 4.79 Å². The van der Waals surface area contributed by atoms with Crippen LogP contribution in [0.3, 0.4) is 0 Å². The van der Waals surface area contributed by atoms with Crippen molar-refractivity contribution in [1.82, 2.24) is 4.90 Å². The normalized spacial score (nSPS) is 34.3. The average molecular weight is 210 g/mol. The maximum absolute atomic E-state index is 12.0. The van der Waals surface area contributed by atoms with Gasteiger partial charge in [-0.25, -0.2) is 0 Å². The summed E-state index contributed by atoms with van der Waals surface area (Å²) >= 11 is 0. The number of nitrogens with two attached hydrogens (primary N) is 1. The van der Waals surface area contributed by atoms with Crippen molar-refractivity contribution in [2.45, 2.75) is 52.6 Å². The molecule has 1 aliphatic heterocycles. The maximum Gasteiger partial charge on any atom is 0.239 e. The molecule has 3 nitrogen and oxygen atoms in total. The Bertz CT molecular complexity index is 282. The number of piperidine rings is 1. The van der Waals surface area contributed by atoms with Gasteiger partial charge in [-0.05, 0) is 23.7 Å². The Balaban J connectivity index is 2.16. The first kappa shape index (κ1) is 10.9. The molecule has 1 heterocycles. The van der Waals surface area contributed by atoms with Crippen LogP contribution in [0.5, 0.6) is 0 Å². The van der Waals surface area contributed by atoms with Crippen molar-refractivity contribution < 1.29 is 4.79 Å². The molecule has 2 fully saturated rings. The van der Waals surface area contributed by atoms with Crippen molar-refractivity contribution in [3.8, 4) is 0 Å². The number of likely N-dealkylation sites (tertiary alicyclic amines) is 1. The highest BCUT2D eigenvalue weighted by atomic mass is 16.2. The van der Waals surface area contributed by atoms with Crippen molar-refractivity contribution in [3.05, 3.63) is 0 Å². The second-order valence-electron chi connectivity index (χ2n) is 6.13. The minimum absolute atomic E-state index is 0.157. The Hall–Kier alpha value is -0.570. The zero-order valence-corrected chi connectivity index (χ0v) is 10.2. The number of hydrogen-bond donors (Lipinski definition) is 1. The zero-order valence-electron chi connectivity index (χ0n) is 10.2. The van der Waals surface area contributed by atoms with Gasteiger partial charge in [0.15, 0.2) is 0 Å². The smallest absolute Gasteiger partial charge is 0.239 e. The van der Waals surface area contributed by atoms with Crippen molar-refractivity contribution >= 4 is 5.91 Å². The molecule has 2 N–H and O–H groups in total. The third kappa shape index (κ3) is 1.32. The first-order chi connectivity index (χ1) is 6.80. The minimum Gasteiger partial charge on any atom is -0.337 e. The van der Waals surface area contributed by atoms with Gasteiger partial charge in [0, 0.05) is 12.6 Å². The molecule has 0 aromatic rings. The highest BCUT2D eigenvalue weighted by Gasteiger charge is 2.68. The molecule has 0 radical (unpaired) electrons. The highest BCUT2D eigenvalue weighted by Crippen LogP contribution is 2.65. The summed E-state index contributed by atoms with van der Waals surface area (Å²) in [6.07, 6.45) is 1.90. The van der Waals surface area contributed by atoms with Gasteiger partial charge in [0.1, 0.15) is 0 Å². The van der Waals surface area contributed by atoms with Gasteiger partial charge in [0.05, 0.1) is 6.04 Å². The Labute approximate surface area is 92.0 Å². The SMILES string of the molecule is CC1(C)C(N2CCCC(N)C2=O)C1(C)C. The molecule has 15 heavy (non-hydrogen) atoms. The standard InChI is InChI=1S/C12H22N2O/c1-11(2)10(12(11,3)4)14-7-5-6-8(13)9(14)15/h8,10H,5-7,13H2,1-4H3. The van der Waals surface area contributed by atoms with Crippen LogP contribution in [0.1, 0.15) is 40.5 Å². The maximum atomic E-state index is 12.0. The van der Waals surface area contributed by atoms with Crippen LogP contribution < -0.4 is 5.73 Å². The van der Waals surface area contributed by atoms with Crippen molar-refractivity contribution in [1.29, 1.82) is 0 Å². The molecule has 0 bridgehead atoms. The van der Waals surface area contributed by atoms with Crippen molar-refractivity contribution in [2.75, 3.05) is 6.54 Å². The molecule has 1 atom stereocenters. The molecule has 2 rings (SSSR count). The summed E-state index contributed by atoms with van der Waals surface area (Å²) in [6.45, 7) is 9.86. The predicted molar refractivity (Wildman–Crippen MR) is 60.3 cm³/mol. The van der Waals surface area contributed by atoms with E-state index in [9.17, 15) is 4.79 Å². The molecule has 0 aromatic carbocycles. The fourth-order valence-corrected chi connectivity index (χ4v) is 3.13. The van der Waals surface area contributed by atoms with Gasteiger partial charge in [-0.2, -0.15) is 0 Å². The monoisotopic (exact) mass is 210 g/mol. The molecule has 0 spiro atoms. The van der Waals surface area contributed by atoms with Gasteiger partial charge in [0.2, 0.25) is 5.91 Å². The zero-order chi connectivity index (χ0) is 11.4.